The van der Waals surface area contributed by atoms with Gasteiger partial charge in [-0.1, -0.05) is 58.4 Å². The Bertz CT molecular complexity index is 239. The fourth-order valence-corrected chi connectivity index (χ4v) is 2.01. The highest BCUT2D eigenvalue weighted by Crippen LogP contribution is 2.14. The van der Waals surface area contributed by atoms with Crippen molar-refractivity contribution >= 4 is 18.6 Å². The van der Waals surface area contributed by atoms with Crippen LogP contribution in [0.4, 0.5) is 0 Å². The normalized spacial score (nSPS) is 12.2. The standard InChI is InChI=1S/C15H28O2S/c1-4-5-6-7-8-9-10-11-12-14(18)17-15(16)13(2)3/h14,18H,2,4-12H2,1,3H3. The highest BCUT2D eigenvalue weighted by molar-refractivity contribution is 7.80. The summed E-state index contributed by atoms with van der Waals surface area (Å²) in [6.07, 6.45) is 11.1. The second kappa shape index (κ2) is 11.6. The molecule has 18 heavy (non-hydrogen) atoms. The Morgan fingerprint density at radius 1 is 1.11 bits per heavy atom. The lowest BCUT2D eigenvalue weighted by atomic mass is 10.1. The number of unbranched alkanes of at least 4 members (excludes halogenated alkanes) is 7. The monoisotopic (exact) mass is 272 g/mol. The third-order valence-electron chi connectivity index (χ3n) is 2.90. The van der Waals surface area contributed by atoms with E-state index in [1.54, 1.807) is 6.92 Å². The van der Waals surface area contributed by atoms with Crippen molar-refractivity contribution in [3.63, 3.8) is 0 Å². The van der Waals surface area contributed by atoms with Crippen LogP contribution in [-0.2, 0) is 9.53 Å². The van der Waals surface area contributed by atoms with Crippen LogP contribution in [0.25, 0.3) is 0 Å². The molecule has 1 unspecified atom stereocenters. The van der Waals surface area contributed by atoms with Crippen molar-refractivity contribution in [2.24, 2.45) is 0 Å². The van der Waals surface area contributed by atoms with Gasteiger partial charge in [-0.2, -0.15) is 0 Å². The predicted octanol–water partition coefficient (Wildman–Crippen LogP) is 4.89. The summed E-state index contributed by atoms with van der Waals surface area (Å²) in [6.45, 7) is 7.43. The Kier molecular flexibility index (Phi) is 11.4. The lowest BCUT2D eigenvalue weighted by Crippen LogP contribution is -2.13. The third kappa shape index (κ3) is 10.7. The molecule has 0 aliphatic rings. The Hall–Kier alpha value is -0.440. The molecule has 0 spiro atoms. The van der Waals surface area contributed by atoms with E-state index in [0.717, 1.165) is 12.8 Å². The van der Waals surface area contributed by atoms with Gasteiger partial charge in [0, 0.05) is 5.57 Å². The molecule has 0 rings (SSSR count). The van der Waals surface area contributed by atoms with Crippen molar-refractivity contribution in [1.29, 1.82) is 0 Å². The van der Waals surface area contributed by atoms with Gasteiger partial charge >= 0.3 is 5.97 Å². The molecule has 0 saturated heterocycles. The largest absolute Gasteiger partial charge is 0.448 e. The third-order valence-corrected chi connectivity index (χ3v) is 3.26. The average molecular weight is 272 g/mol. The second-order valence-corrected chi connectivity index (χ2v) is 5.48. The summed E-state index contributed by atoms with van der Waals surface area (Å²) in [6, 6.07) is 0. The van der Waals surface area contributed by atoms with Crippen LogP contribution in [0.2, 0.25) is 0 Å². The van der Waals surface area contributed by atoms with Crippen LogP contribution in [0.1, 0.15) is 71.6 Å². The number of hydrogen-bond acceptors (Lipinski definition) is 3. The molecule has 1 atom stereocenters. The number of rotatable bonds is 11. The van der Waals surface area contributed by atoms with Crippen molar-refractivity contribution in [3.8, 4) is 0 Å². The first-order chi connectivity index (χ1) is 8.57. The number of ether oxygens (including phenoxy) is 1. The van der Waals surface area contributed by atoms with Crippen LogP contribution in [-0.4, -0.2) is 11.4 Å². The first-order valence-electron chi connectivity index (χ1n) is 7.12. The van der Waals surface area contributed by atoms with E-state index in [9.17, 15) is 4.79 Å². The molecule has 0 heterocycles. The first kappa shape index (κ1) is 17.6. The molecule has 2 nitrogen and oxygen atoms in total. The predicted molar refractivity (Wildman–Crippen MR) is 80.9 cm³/mol. The van der Waals surface area contributed by atoms with Crippen LogP contribution >= 0.6 is 12.6 Å². The second-order valence-electron chi connectivity index (χ2n) is 4.90. The van der Waals surface area contributed by atoms with E-state index >= 15 is 0 Å². The molecule has 0 bridgehead atoms. The highest BCUT2D eigenvalue weighted by Gasteiger charge is 2.09. The molecule has 3 heteroatoms. The molecule has 0 radical (unpaired) electrons. The molecule has 0 aromatic heterocycles. The maximum atomic E-state index is 11.2. The van der Waals surface area contributed by atoms with E-state index in [1.165, 1.54) is 44.9 Å². The summed E-state index contributed by atoms with van der Waals surface area (Å²) in [5.41, 5.74) is 0.152. The smallest absolute Gasteiger partial charge is 0.334 e. The first-order valence-corrected chi connectivity index (χ1v) is 7.64. The summed E-state index contributed by atoms with van der Waals surface area (Å²) in [4.78, 5) is 11.2. The van der Waals surface area contributed by atoms with Crippen LogP contribution < -0.4 is 0 Å². The maximum Gasteiger partial charge on any atom is 0.334 e. The zero-order chi connectivity index (χ0) is 13.8. The molecule has 0 aromatic carbocycles. The zero-order valence-corrected chi connectivity index (χ0v) is 12.8. The van der Waals surface area contributed by atoms with Gasteiger partial charge in [0.2, 0.25) is 0 Å². The lowest BCUT2D eigenvalue weighted by Gasteiger charge is -2.12. The Morgan fingerprint density at radius 3 is 2.11 bits per heavy atom. The topological polar surface area (TPSA) is 26.3 Å². The van der Waals surface area contributed by atoms with E-state index in [2.05, 4.69) is 26.1 Å². The SMILES string of the molecule is C=C(C)C(=O)OC(S)CCCCCCCCCC. The summed E-state index contributed by atoms with van der Waals surface area (Å²) in [5.74, 6) is -0.338. The fourth-order valence-electron chi connectivity index (χ4n) is 1.74. The number of carbonyl (C=O) groups is 1. The summed E-state index contributed by atoms with van der Waals surface area (Å²) in [7, 11) is 0. The molecule has 0 aliphatic carbocycles. The Balaban J connectivity index is 3.32. The summed E-state index contributed by atoms with van der Waals surface area (Å²) < 4.78 is 5.10. The van der Waals surface area contributed by atoms with Gasteiger partial charge in [0.25, 0.3) is 0 Å². The highest BCUT2D eigenvalue weighted by atomic mass is 32.1. The maximum absolute atomic E-state index is 11.2. The van der Waals surface area contributed by atoms with E-state index in [4.69, 9.17) is 4.74 Å². The minimum atomic E-state index is -0.338. The van der Waals surface area contributed by atoms with Gasteiger partial charge in [0.05, 0.1) is 0 Å². The summed E-state index contributed by atoms with van der Waals surface area (Å²) in [5, 5.41) is 0. The van der Waals surface area contributed by atoms with Crippen molar-refractivity contribution in [2.75, 3.05) is 0 Å². The van der Waals surface area contributed by atoms with Crippen molar-refractivity contribution in [1.82, 2.24) is 0 Å². The number of carbonyl (C=O) groups excluding carboxylic acids is 1. The molecule has 0 aromatic rings. The minimum Gasteiger partial charge on any atom is -0.448 e. The molecule has 0 aliphatic heterocycles. The fraction of sp³-hybridized carbons (Fsp3) is 0.800. The molecule has 0 saturated carbocycles. The van der Waals surface area contributed by atoms with E-state index < -0.39 is 0 Å². The number of hydrogen-bond donors (Lipinski definition) is 1. The van der Waals surface area contributed by atoms with Gasteiger partial charge in [0.15, 0.2) is 0 Å². The van der Waals surface area contributed by atoms with Gasteiger partial charge < -0.3 is 4.74 Å². The van der Waals surface area contributed by atoms with Gasteiger partial charge in [0.1, 0.15) is 5.44 Å². The van der Waals surface area contributed by atoms with E-state index in [-0.39, 0.29) is 11.4 Å². The van der Waals surface area contributed by atoms with Gasteiger partial charge in [-0.25, -0.2) is 4.79 Å². The lowest BCUT2D eigenvalue weighted by molar-refractivity contribution is -0.140. The molecule has 106 valence electrons. The van der Waals surface area contributed by atoms with Crippen molar-refractivity contribution < 1.29 is 9.53 Å². The Labute approximate surface area is 118 Å². The zero-order valence-electron chi connectivity index (χ0n) is 11.9. The number of esters is 1. The van der Waals surface area contributed by atoms with Crippen molar-refractivity contribution in [3.05, 3.63) is 12.2 Å². The van der Waals surface area contributed by atoms with Crippen LogP contribution in [0.5, 0.6) is 0 Å². The van der Waals surface area contributed by atoms with Gasteiger partial charge in [-0.3, -0.25) is 0 Å². The summed E-state index contributed by atoms with van der Waals surface area (Å²) >= 11 is 4.25. The average Bonchev–Trinajstić information content (AvgIpc) is 2.32. The molecule has 0 fully saturated rings. The molecule has 0 N–H and O–H groups in total. The van der Waals surface area contributed by atoms with E-state index in [1.807, 2.05) is 0 Å². The van der Waals surface area contributed by atoms with Gasteiger partial charge in [-0.05, 0) is 19.8 Å². The van der Waals surface area contributed by atoms with E-state index in [0.29, 0.717) is 5.57 Å². The Morgan fingerprint density at radius 2 is 1.61 bits per heavy atom. The molecular formula is C15H28O2S. The molecule has 0 amide bonds. The quantitative estimate of drug-likeness (QED) is 0.190. The van der Waals surface area contributed by atoms with Gasteiger partial charge in [-0.15, -0.1) is 12.6 Å². The molecular weight excluding hydrogens is 244 g/mol. The van der Waals surface area contributed by atoms with Crippen molar-refractivity contribution in [2.45, 2.75) is 77.1 Å². The number of thiol groups is 1. The van der Waals surface area contributed by atoms with Crippen LogP contribution in [0.3, 0.4) is 0 Å². The minimum absolute atomic E-state index is 0.283. The van der Waals surface area contributed by atoms with Crippen LogP contribution in [0, 0.1) is 0 Å². The van der Waals surface area contributed by atoms with Crippen LogP contribution in [0.15, 0.2) is 12.2 Å².